The third-order valence-electron chi connectivity index (χ3n) is 18.3. The Kier molecular flexibility index (Phi) is 23.8. The third-order valence-corrected chi connectivity index (χ3v) is 18.3. The van der Waals surface area contributed by atoms with Gasteiger partial charge in [-0.05, 0) is 132 Å². The first-order chi connectivity index (χ1) is 38.3. The Labute approximate surface area is 479 Å². The molecule has 1 saturated carbocycles. The SMILES string of the molecule is [C-]#[N+]C1(C(=O)OCC)C2C=CC(C(C)CC(C)C(=C)C(OC)C(O)/C(C)=C/C(C)C(=O)CC(C(C)CC3CCC(O)C(OC)C3)OC(=O)C3CCCCN3C(=O)C(=O)C3(O)OC(CCC3C)CC(OC)C(C)=C2)C1([N+]#[C-])C(=O)OCC. The van der Waals surface area contributed by atoms with Crippen LogP contribution in [0, 0.1) is 60.5 Å². The predicted molar refractivity (Wildman–Crippen MR) is 299 cm³/mol. The molecule has 19 atom stereocenters. The van der Waals surface area contributed by atoms with Crippen LogP contribution >= 0.6 is 0 Å². The quantitative estimate of drug-likeness (QED) is 0.0639. The first-order valence-corrected chi connectivity index (χ1v) is 29.1. The monoisotopic (exact) mass is 1130 g/mol. The van der Waals surface area contributed by atoms with Crippen molar-refractivity contribution < 1.29 is 77.2 Å². The molecule has 4 aliphatic heterocycles. The Bertz CT molecular complexity index is 2460. The molecule has 0 spiro atoms. The van der Waals surface area contributed by atoms with Crippen molar-refractivity contribution in [1.82, 2.24) is 4.90 Å². The molecule has 2 aliphatic carbocycles. The van der Waals surface area contributed by atoms with Crippen molar-refractivity contribution in [1.29, 1.82) is 0 Å². The summed E-state index contributed by atoms with van der Waals surface area (Å²) in [7, 11) is 4.40. The number of amides is 1. The topological polar surface area (TPSA) is 240 Å². The molecule has 2 saturated heterocycles. The number of carbonyl (C=O) groups excluding carboxylic acids is 6. The van der Waals surface area contributed by atoms with Crippen LogP contribution in [0.5, 0.6) is 0 Å². The minimum atomic E-state index is -2.63. The number of nitrogens with zero attached hydrogens (tertiary/aromatic N) is 3. The molecule has 3 N–H and O–H groups in total. The first-order valence-electron chi connectivity index (χ1n) is 29.1. The molecule has 4 heterocycles. The number of hydrogen-bond donors (Lipinski definition) is 3. The summed E-state index contributed by atoms with van der Waals surface area (Å²) in [5.74, 6) is -13.8. The molecule has 6 rings (SSSR count). The minimum absolute atomic E-state index is 0.00510. The maximum Gasteiger partial charge on any atom is 0.422 e. The normalized spacial score (nSPS) is 39.2. The van der Waals surface area contributed by atoms with Crippen molar-refractivity contribution in [3.05, 3.63) is 70.4 Å². The van der Waals surface area contributed by atoms with Crippen molar-refractivity contribution in [3.8, 4) is 0 Å². The summed E-state index contributed by atoms with van der Waals surface area (Å²) in [5.41, 5.74) is -3.75. The molecule has 19 nitrogen and oxygen atoms in total. The van der Waals surface area contributed by atoms with Gasteiger partial charge in [-0.25, -0.2) is 27.5 Å². The summed E-state index contributed by atoms with van der Waals surface area (Å²) in [4.78, 5) is 96.7. The zero-order valence-corrected chi connectivity index (χ0v) is 49.9. The molecule has 0 radical (unpaired) electrons. The fourth-order valence-corrected chi connectivity index (χ4v) is 13.3. The smallest absolute Gasteiger partial charge is 0.422 e. The number of Topliss-reactive ketones (excluding diaryl/α,β-unsaturated/α-hetero) is 2. The summed E-state index contributed by atoms with van der Waals surface area (Å²) in [6.07, 6.45) is 4.45. The van der Waals surface area contributed by atoms with E-state index in [9.17, 15) is 44.1 Å². The number of carbonyl (C=O) groups is 6. The van der Waals surface area contributed by atoms with E-state index < -0.39 is 131 Å². The average molecular weight is 1130 g/mol. The average Bonchev–Trinajstić information content (AvgIpc) is 3.34. The zero-order valence-electron chi connectivity index (χ0n) is 49.9. The van der Waals surface area contributed by atoms with Crippen LogP contribution in [0.25, 0.3) is 9.69 Å². The van der Waals surface area contributed by atoms with Gasteiger partial charge < -0.3 is 53.4 Å². The van der Waals surface area contributed by atoms with Gasteiger partial charge in [0.05, 0.1) is 49.5 Å². The van der Waals surface area contributed by atoms with Gasteiger partial charge in [-0.3, -0.25) is 24.1 Å². The number of ketones is 2. The lowest BCUT2D eigenvalue weighted by atomic mass is 9.56. The third kappa shape index (κ3) is 13.9. The van der Waals surface area contributed by atoms with Crippen LogP contribution in [0.4, 0.5) is 0 Å². The predicted octanol–water partition coefficient (Wildman–Crippen LogP) is 7.30. The van der Waals surface area contributed by atoms with E-state index in [-0.39, 0.29) is 69.7 Å². The molecule has 0 aromatic carbocycles. The number of fused-ring (bicyclic) bond motifs is 16. The van der Waals surface area contributed by atoms with Gasteiger partial charge in [0.15, 0.2) is 0 Å². The van der Waals surface area contributed by atoms with Gasteiger partial charge in [0, 0.05) is 52.6 Å². The van der Waals surface area contributed by atoms with E-state index in [0.29, 0.717) is 61.7 Å². The first kappa shape index (κ1) is 66.7. The second-order valence-corrected chi connectivity index (χ2v) is 23.6. The van der Waals surface area contributed by atoms with Crippen LogP contribution in [0.15, 0.2) is 47.6 Å². The highest BCUT2D eigenvalue weighted by atomic mass is 16.6. The number of rotatable bonds is 10. The number of ether oxygens (including phenoxy) is 7. The molecule has 4 bridgehead atoms. The number of piperidine rings is 1. The lowest BCUT2D eigenvalue weighted by Crippen LogP contribution is -2.69. The van der Waals surface area contributed by atoms with Crippen LogP contribution < -0.4 is 0 Å². The molecule has 19 unspecified atom stereocenters. The lowest BCUT2D eigenvalue weighted by molar-refractivity contribution is -0.265. The fourth-order valence-electron chi connectivity index (χ4n) is 13.3. The number of esters is 3. The maximum atomic E-state index is 14.7. The van der Waals surface area contributed by atoms with E-state index >= 15 is 0 Å². The lowest BCUT2D eigenvalue weighted by Gasteiger charge is -2.43. The van der Waals surface area contributed by atoms with E-state index in [4.69, 9.17) is 46.3 Å². The highest BCUT2D eigenvalue weighted by Gasteiger charge is 2.83. The highest BCUT2D eigenvalue weighted by Crippen LogP contribution is 2.53. The van der Waals surface area contributed by atoms with Crippen LogP contribution in [0.3, 0.4) is 0 Å². The summed E-state index contributed by atoms with van der Waals surface area (Å²) in [5, 5.41) is 34.8. The Morgan fingerprint density at radius 2 is 1.49 bits per heavy atom. The standard InChI is InChI=1S/C62H91N3O16/c1-16-78-58(72)60(63-11)44-23-25-46(61(60,64-12)59(73)79-17-2)36(4)28-35(3)42(10)54(77-15)53(68)40(8)29-37(5)49(67)34-51(38(6)30-43-22-26-48(66)52(32-43)76-14)80-57(71)47-20-18-19-27-65(47)56(70)55(69)62(74)41(9)21-24-45(81-62)33-50(75-13)39(7)31-44/h23,25,29,31,35-38,41,43-48,50-54,66,68,74H,10,16-22,24,26-28,30,32-34H2,1-9,13-15H3/b39-31?,40-29+. The van der Waals surface area contributed by atoms with Crippen molar-refractivity contribution >= 4 is 35.4 Å². The van der Waals surface area contributed by atoms with Crippen LogP contribution in [-0.4, -0.2) is 162 Å². The molecular formula is C62H91N3O16. The molecule has 1 amide bonds. The van der Waals surface area contributed by atoms with Gasteiger partial charge >= 0.3 is 29.0 Å². The number of aliphatic hydroxyl groups excluding tert-OH is 2. The van der Waals surface area contributed by atoms with Gasteiger partial charge in [-0.15, -0.1) is 0 Å². The second-order valence-electron chi connectivity index (χ2n) is 23.6. The summed E-state index contributed by atoms with van der Waals surface area (Å²) >= 11 is 0. The molecule has 3 fully saturated rings. The second kappa shape index (κ2) is 28.9. The molecule has 0 aromatic rings. The summed E-state index contributed by atoms with van der Waals surface area (Å²) in [6, 6.07) is -1.23. The van der Waals surface area contributed by atoms with E-state index in [0.717, 1.165) is 4.90 Å². The van der Waals surface area contributed by atoms with Crippen molar-refractivity contribution in [2.24, 2.45) is 47.3 Å². The molecule has 450 valence electrons. The summed E-state index contributed by atoms with van der Waals surface area (Å²) < 4.78 is 41.4. The number of aliphatic hydroxyl groups is 3. The molecule has 0 aromatic heterocycles. The van der Waals surface area contributed by atoms with E-state index in [1.807, 2.05) is 13.8 Å². The molecular weight excluding hydrogens is 1040 g/mol. The van der Waals surface area contributed by atoms with Gasteiger partial charge in [0.25, 0.3) is 11.7 Å². The number of methoxy groups -OCH3 is 3. The molecule has 6 aliphatic rings. The van der Waals surface area contributed by atoms with E-state index in [2.05, 4.69) is 16.3 Å². The molecule has 19 heteroatoms. The maximum absolute atomic E-state index is 14.7. The molecule has 81 heavy (non-hydrogen) atoms. The summed E-state index contributed by atoms with van der Waals surface area (Å²) in [6.45, 7) is 37.0. The largest absolute Gasteiger partial charge is 0.460 e. The Balaban J connectivity index is 1.65. The Morgan fingerprint density at radius 3 is 2.10 bits per heavy atom. The number of hydrogen-bond acceptors (Lipinski definition) is 16. The van der Waals surface area contributed by atoms with Crippen LogP contribution in [0.2, 0.25) is 0 Å². The van der Waals surface area contributed by atoms with Gasteiger partial charge in [0.1, 0.15) is 30.1 Å². The van der Waals surface area contributed by atoms with Crippen LogP contribution in [0.1, 0.15) is 139 Å². The van der Waals surface area contributed by atoms with E-state index in [1.165, 1.54) is 14.2 Å². The van der Waals surface area contributed by atoms with Crippen molar-refractivity contribution in [2.75, 3.05) is 41.1 Å². The highest BCUT2D eigenvalue weighted by molar-refractivity contribution is 6.39. The van der Waals surface area contributed by atoms with Gasteiger partial charge in [-0.1, -0.05) is 65.5 Å². The minimum Gasteiger partial charge on any atom is -0.460 e. The van der Waals surface area contributed by atoms with Crippen molar-refractivity contribution in [3.63, 3.8) is 0 Å². The number of allylic oxidation sites excluding steroid dienone is 1. The Hall–Kier alpha value is -5.12. The van der Waals surface area contributed by atoms with Crippen molar-refractivity contribution in [2.45, 2.75) is 205 Å². The fraction of sp³-hybridized carbons (Fsp3) is 0.742. The van der Waals surface area contributed by atoms with E-state index in [1.54, 1.807) is 79.9 Å². The zero-order chi connectivity index (χ0) is 60.3. The van der Waals surface area contributed by atoms with Crippen LogP contribution in [-0.2, 0) is 61.9 Å². The Morgan fingerprint density at radius 1 is 0.840 bits per heavy atom. The van der Waals surface area contributed by atoms with Gasteiger partial charge in [0.2, 0.25) is 5.79 Å². The van der Waals surface area contributed by atoms with Gasteiger partial charge in [-0.2, -0.15) is 0 Å².